The Morgan fingerprint density at radius 2 is 1.61 bits per heavy atom. The highest BCUT2D eigenvalue weighted by Crippen LogP contribution is 2.37. The molecule has 0 radical (unpaired) electrons. The van der Waals surface area contributed by atoms with Crippen molar-refractivity contribution in [2.45, 2.75) is 33.6 Å². The van der Waals surface area contributed by atoms with Crippen molar-refractivity contribution in [3.63, 3.8) is 0 Å². The lowest BCUT2D eigenvalue weighted by Crippen LogP contribution is -2.08. The van der Waals surface area contributed by atoms with Crippen molar-refractivity contribution in [3.05, 3.63) is 50.7 Å². The minimum atomic E-state index is -1.05. The molecule has 0 aliphatic carbocycles. The number of aliphatic carboxylic acids is 1. The van der Waals surface area contributed by atoms with Crippen molar-refractivity contribution in [1.82, 2.24) is 9.97 Å². The summed E-state index contributed by atoms with van der Waals surface area (Å²) in [6.45, 7) is 4.91. The van der Waals surface area contributed by atoms with Gasteiger partial charge in [-0.2, -0.15) is 10.5 Å². The Morgan fingerprint density at radius 3 is 1.97 bits per heavy atom. The molecular weight excluding hydrogens is 448 g/mol. The van der Waals surface area contributed by atoms with Crippen LogP contribution in [0.3, 0.4) is 0 Å². The molecule has 11 heteroatoms. The number of ether oxygens (including phenoxy) is 2. The van der Waals surface area contributed by atoms with Crippen LogP contribution in [0.5, 0.6) is 17.2 Å². The van der Waals surface area contributed by atoms with Crippen LogP contribution in [-0.2, 0) is 11.2 Å². The molecule has 33 heavy (non-hydrogen) atoms. The second-order valence-electron chi connectivity index (χ2n) is 5.76. The van der Waals surface area contributed by atoms with Crippen molar-refractivity contribution < 1.29 is 24.5 Å². The molecule has 1 aromatic heterocycles. The van der Waals surface area contributed by atoms with Gasteiger partial charge in [0.25, 0.3) is 5.56 Å². The van der Waals surface area contributed by atoms with Gasteiger partial charge in [0.05, 0.1) is 26.4 Å². The average Bonchev–Trinajstić information content (AvgIpc) is 2.74. The number of phenolic OH excluding ortho intramolecular Hbond substituents is 1. The fourth-order valence-corrected chi connectivity index (χ4v) is 2.33. The van der Waals surface area contributed by atoms with E-state index in [1.807, 2.05) is 0 Å². The number of H-pyrrole nitrogens is 2. The van der Waals surface area contributed by atoms with Gasteiger partial charge in [0.15, 0.2) is 16.3 Å². The minimum absolute atomic E-state index is 0.113. The van der Waals surface area contributed by atoms with Crippen molar-refractivity contribution >= 4 is 24.3 Å². The number of phenols is 1. The molecule has 0 aliphatic rings. The number of nitrogens with zero attached hydrogens (tertiary/aromatic N) is 2. The van der Waals surface area contributed by atoms with Crippen LogP contribution in [0.15, 0.2) is 29.1 Å². The van der Waals surface area contributed by atoms with Gasteiger partial charge in [0, 0.05) is 31.7 Å². The summed E-state index contributed by atoms with van der Waals surface area (Å²) in [6.07, 6.45) is 4.25. The Bertz CT molecular complexity index is 1030. The zero-order chi connectivity index (χ0) is 25.8. The van der Waals surface area contributed by atoms with Gasteiger partial charge in [-0.1, -0.05) is 13.3 Å². The van der Waals surface area contributed by atoms with E-state index in [4.69, 9.17) is 37.3 Å². The molecule has 1 aromatic carbocycles. The average molecular weight is 477 g/mol. The van der Waals surface area contributed by atoms with Crippen LogP contribution >= 0.6 is 12.2 Å². The summed E-state index contributed by atoms with van der Waals surface area (Å²) in [6, 6.07) is 8.06. The monoisotopic (exact) mass is 476 g/mol. The Hall–Kier alpha value is -4.09. The number of nitrogens with one attached hydrogen (secondary N) is 2. The Kier molecular flexibility index (Phi) is 17.6. The molecule has 2 rings (SSSR count). The van der Waals surface area contributed by atoms with Crippen molar-refractivity contribution in [3.8, 4) is 29.4 Å². The van der Waals surface area contributed by atoms with Gasteiger partial charge in [-0.15, -0.1) is 0 Å². The van der Waals surface area contributed by atoms with Gasteiger partial charge in [-0.3, -0.25) is 9.78 Å². The molecule has 4 N–H and O–H groups in total. The van der Waals surface area contributed by atoms with Crippen LogP contribution in [0.1, 0.15) is 38.4 Å². The fraction of sp³-hybridized carbons (Fsp3) is 0.318. The molecule has 0 saturated carbocycles. The van der Waals surface area contributed by atoms with Crippen LogP contribution in [0.25, 0.3) is 6.08 Å². The first-order valence-corrected chi connectivity index (χ1v) is 9.84. The highest BCUT2D eigenvalue weighted by molar-refractivity contribution is 7.71. The van der Waals surface area contributed by atoms with Crippen molar-refractivity contribution in [2.24, 2.45) is 0 Å². The zero-order valence-corrected chi connectivity index (χ0v) is 19.9. The number of nitriles is 2. The van der Waals surface area contributed by atoms with Crippen molar-refractivity contribution in [2.75, 3.05) is 14.2 Å². The van der Waals surface area contributed by atoms with Crippen molar-refractivity contribution in [1.29, 1.82) is 10.5 Å². The van der Waals surface area contributed by atoms with Gasteiger partial charge in [-0.05, 0) is 42.4 Å². The Labute approximate surface area is 197 Å². The normalized spacial score (nSPS) is 8.82. The van der Waals surface area contributed by atoms with Crippen LogP contribution in [0, 0.1) is 27.4 Å². The summed E-state index contributed by atoms with van der Waals surface area (Å²) in [4.78, 5) is 26.6. The lowest BCUT2D eigenvalue weighted by Gasteiger charge is -2.09. The molecule has 2 aromatic rings. The third kappa shape index (κ3) is 14.5. The third-order valence-corrected chi connectivity index (χ3v) is 3.46. The summed E-state index contributed by atoms with van der Waals surface area (Å²) in [5, 5.41) is 32.7. The highest BCUT2D eigenvalue weighted by Gasteiger charge is 2.09. The van der Waals surface area contributed by atoms with E-state index in [-0.39, 0.29) is 22.8 Å². The number of benzene rings is 1. The Balaban J connectivity index is 0. The maximum atomic E-state index is 10.8. The number of aromatic hydroxyl groups is 1. The number of aromatic amines is 2. The van der Waals surface area contributed by atoms with E-state index in [1.54, 1.807) is 18.2 Å². The molecule has 0 aliphatic heterocycles. The standard InChI is InChI=1S/C11H12O5.C7H10N2OS.2C2H3N/c1-15-8-5-7(3-4-10(12)13)6-9(16-2)11(8)14;1-2-3-5-4-6(10)9-7(11)8-5;2*1-2-3/h3-6,14H,1-2H3,(H,12,13);4H,2-3H2,1H3,(H2,8,9,10,11);2*1H3/b4-3+;;;. The molecule has 10 nitrogen and oxygen atoms in total. The third-order valence-electron chi connectivity index (χ3n) is 3.26. The highest BCUT2D eigenvalue weighted by atomic mass is 32.1. The first-order valence-electron chi connectivity index (χ1n) is 9.43. The quantitative estimate of drug-likeness (QED) is 0.355. The molecule has 0 bridgehead atoms. The zero-order valence-electron chi connectivity index (χ0n) is 19.1. The maximum Gasteiger partial charge on any atom is 0.328 e. The van der Waals surface area contributed by atoms with Gasteiger partial charge < -0.3 is 24.7 Å². The fourth-order valence-electron chi connectivity index (χ4n) is 2.10. The van der Waals surface area contributed by atoms with Gasteiger partial charge in [0.2, 0.25) is 5.75 Å². The summed E-state index contributed by atoms with van der Waals surface area (Å²) in [7, 11) is 2.80. The van der Waals surface area contributed by atoms with Gasteiger partial charge >= 0.3 is 5.97 Å². The second kappa shape index (κ2) is 18.7. The lowest BCUT2D eigenvalue weighted by molar-refractivity contribution is -0.131. The summed E-state index contributed by atoms with van der Waals surface area (Å²) >= 11 is 4.79. The molecule has 0 atom stereocenters. The number of carboxylic acid groups (broad SMARTS) is 1. The summed E-state index contributed by atoms with van der Waals surface area (Å²) in [5.74, 6) is -0.711. The summed E-state index contributed by atoms with van der Waals surface area (Å²) in [5.41, 5.74) is 1.34. The lowest BCUT2D eigenvalue weighted by atomic mass is 10.1. The number of hydrogen-bond acceptors (Lipinski definition) is 8. The molecule has 0 saturated heterocycles. The van der Waals surface area contributed by atoms with E-state index in [1.165, 1.54) is 46.3 Å². The van der Waals surface area contributed by atoms with Crippen LogP contribution in [0.4, 0.5) is 0 Å². The molecule has 178 valence electrons. The first kappa shape index (κ1) is 31.1. The predicted molar refractivity (Wildman–Crippen MR) is 127 cm³/mol. The van der Waals surface area contributed by atoms with E-state index in [2.05, 4.69) is 16.9 Å². The number of hydrogen-bond donors (Lipinski definition) is 4. The van der Waals surface area contributed by atoms with Gasteiger partial charge in [-0.25, -0.2) is 4.79 Å². The molecule has 0 unspecified atom stereocenters. The van der Waals surface area contributed by atoms with Crippen LogP contribution in [0.2, 0.25) is 0 Å². The van der Waals surface area contributed by atoms with E-state index in [0.29, 0.717) is 10.3 Å². The number of aromatic nitrogens is 2. The molecule has 0 spiro atoms. The molecule has 0 fully saturated rings. The predicted octanol–water partition coefficient (Wildman–Crippen LogP) is 3.95. The Morgan fingerprint density at radius 1 is 1.12 bits per heavy atom. The SMILES string of the molecule is CC#N.CC#N.CCCc1cc(=O)[nH]c(=S)[nH]1.COc1cc(/C=C/C(=O)O)cc(OC)c1O. The van der Waals surface area contributed by atoms with Gasteiger partial charge in [0.1, 0.15) is 0 Å². The van der Waals surface area contributed by atoms with E-state index < -0.39 is 5.97 Å². The number of carbonyl (C=O) groups is 1. The van der Waals surface area contributed by atoms with Crippen LogP contribution < -0.4 is 15.0 Å². The minimum Gasteiger partial charge on any atom is -0.502 e. The van der Waals surface area contributed by atoms with Crippen LogP contribution in [-0.4, -0.2) is 40.4 Å². The smallest absolute Gasteiger partial charge is 0.328 e. The largest absolute Gasteiger partial charge is 0.502 e. The molecule has 0 amide bonds. The van der Waals surface area contributed by atoms with E-state index in [9.17, 15) is 14.7 Å². The molecular formula is C22H28N4O6S. The van der Waals surface area contributed by atoms with E-state index in [0.717, 1.165) is 24.6 Å². The topological polar surface area (TPSA) is 172 Å². The maximum absolute atomic E-state index is 10.8. The summed E-state index contributed by atoms with van der Waals surface area (Å²) < 4.78 is 10.3. The number of carboxylic acids is 1. The number of aryl methyl sites for hydroxylation is 1. The second-order valence-corrected chi connectivity index (χ2v) is 6.16. The van der Waals surface area contributed by atoms with E-state index >= 15 is 0 Å². The first-order chi connectivity index (χ1) is 15.6. The number of rotatable bonds is 6. The number of methoxy groups -OCH3 is 2. The molecule has 1 heterocycles.